The van der Waals surface area contributed by atoms with Crippen LogP contribution in [0.1, 0.15) is 19.5 Å². The molecule has 0 radical (unpaired) electrons. The molecule has 2 aromatic rings. The van der Waals surface area contributed by atoms with E-state index >= 15 is 0 Å². The van der Waals surface area contributed by atoms with Crippen molar-refractivity contribution in [1.29, 1.82) is 0 Å². The molecule has 2 rings (SSSR count). The Hall–Kier alpha value is -1.87. The zero-order chi connectivity index (χ0) is 17.3. The molecule has 1 heterocycles. The Bertz CT molecular complexity index is 903. The highest BCUT2D eigenvalue weighted by Gasteiger charge is 2.12. The lowest BCUT2D eigenvalue weighted by molar-refractivity contribution is 0.143. The molecule has 4 nitrogen and oxygen atoms in total. The van der Waals surface area contributed by atoms with Crippen LogP contribution in [0.5, 0.6) is 0 Å². The van der Waals surface area contributed by atoms with Crippen molar-refractivity contribution in [2.45, 2.75) is 24.3 Å². The van der Waals surface area contributed by atoms with Gasteiger partial charge in [0.05, 0.1) is 9.92 Å². The molecule has 0 aliphatic carbocycles. The van der Waals surface area contributed by atoms with Crippen molar-refractivity contribution in [1.82, 2.24) is 4.98 Å². The lowest BCUT2D eigenvalue weighted by atomic mass is 10.0. The summed E-state index contributed by atoms with van der Waals surface area (Å²) >= 11 is 6.01. The topological polar surface area (TPSA) is 67.3 Å². The van der Waals surface area contributed by atoms with Gasteiger partial charge in [-0.05, 0) is 43.5 Å². The molecule has 0 aliphatic heterocycles. The van der Waals surface area contributed by atoms with Crippen LogP contribution < -0.4 is 0 Å². The summed E-state index contributed by atoms with van der Waals surface area (Å²) in [6.45, 7) is 3.14. The predicted molar refractivity (Wildman–Crippen MR) is 91.0 cm³/mol. The lowest BCUT2D eigenvalue weighted by Gasteiger charge is -2.09. The maximum Gasteiger partial charge on any atom is 0.175 e. The van der Waals surface area contributed by atoms with Crippen LogP contribution in [0.3, 0.4) is 0 Å². The van der Waals surface area contributed by atoms with E-state index in [1.54, 1.807) is 38.1 Å². The van der Waals surface area contributed by atoms with Gasteiger partial charge in [0.25, 0.3) is 0 Å². The van der Waals surface area contributed by atoms with E-state index in [9.17, 15) is 13.5 Å². The van der Waals surface area contributed by atoms with Gasteiger partial charge in [0.15, 0.2) is 9.84 Å². The average Bonchev–Trinajstić information content (AvgIpc) is 2.44. The zero-order valence-electron chi connectivity index (χ0n) is 13.0. The van der Waals surface area contributed by atoms with Gasteiger partial charge in [-0.25, -0.2) is 13.4 Å². The molecule has 23 heavy (non-hydrogen) atoms. The number of pyridine rings is 1. The molecule has 6 heteroatoms. The Labute approximate surface area is 141 Å². The molecule has 0 aliphatic rings. The van der Waals surface area contributed by atoms with E-state index in [2.05, 4.69) is 16.8 Å². The van der Waals surface area contributed by atoms with Gasteiger partial charge in [0.1, 0.15) is 11.3 Å². The molecule has 0 fully saturated rings. The van der Waals surface area contributed by atoms with Gasteiger partial charge in [-0.3, -0.25) is 0 Å². The largest absolute Gasteiger partial charge is 0.378 e. The minimum absolute atomic E-state index is 0.205. The maximum absolute atomic E-state index is 11.7. The van der Waals surface area contributed by atoms with E-state index in [1.165, 1.54) is 12.3 Å². The van der Waals surface area contributed by atoms with Crippen LogP contribution in [-0.4, -0.2) is 30.4 Å². The second kappa shape index (κ2) is 6.32. The fraction of sp³-hybridized carbons (Fsp3) is 0.235. The fourth-order valence-corrected chi connectivity index (χ4v) is 2.69. The third-order valence-electron chi connectivity index (χ3n) is 2.91. The van der Waals surface area contributed by atoms with Crippen LogP contribution in [-0.2, 0) is 9.84 Å². The van der Waals surface area contributed by atoms with Crippen LogP contribution >= 0.6 is 11.6 Å². The third-order valence-corrected chi connectivity index (χ3v) is 4.23. The standard InChI is InChI=1S/C17H16ClNO3S/c1-17(2,20)8-7-16-15(10-13(18)11-19-16)12-5-4-6-14(9-12)23(3,21)22/h4-6,9-11,20H,1-3H3. The number of aliphatic hydroxyl groups is 1. The number of rotatable bonds is 2. The highest BCUT2D eigenvalue weighted by molar-refractivity contribution is 7.90. The molecule has 0 spiro atoms. The van der Waals surface area contributed by atoms with E-state index < -0.39 is 15.4 Å². The van der Waals surface area contributed by atoms with E-state index in [4.69, 9.17) is 11.6 Å². The molecule has 120 valence electrons. The van der Waals surface area contributed by atoms with Gasteiger partial charge in [-0.2, -0.15) is 0 Å². The molecule has 0 saturated heterocycles. The van der Waals surface area contributed by atoms with E-state index in [0.29, 0.717) is 21.8 Å². The van der Waals surface area contributed by atoms with Gasteiger partial charge < -0.3 is 5.11 Å². The summed E-state index contributed by atoms with van der Waals surface area (Å²) in [7, 11) is -3.32. The number of hydrogen-bond donors (Lipinski definition) is 1. The summed E-state index contributed by atoms with van der Waals surface area (Å²) in [4.78, 5) is 4.39. The summed E-state index contributed by atoms with van der Waals surface area (Å²) < 4.78 is 23.4. The zero-order valence-corrected chi connectivity index (χ0v) is 14.5. The quantitative estimate of drug-likeness (QED) is 0.846. The first-order chi connectivity index (χ1) is 10.6. The number of sulfone groups is 1. The van der Waals surface area contributed by atoms with Crippen molar-refractivity contribution in [2.75, 3.05) is 6.26 Å². The first kappa shape index (κ1) is 17.5. The first-order valence-corrected chi connectivity index (χ1v) is 9.05. The Morgan fingerprint density at radius 3 is 2.57 bits per heavy atom. The first-order valence-electron chi connectivity index (χ1n) is 6.78. The SMILES string of the molecule is CC(C)(O)C#Cc1ncc(Cl)cc1-c1cccc(S(C)(=O)=O)c1. The average molecular weight is 350 g/mol. The molecule has 1 aromatic carbocycles. The summed E-state index contributed by atoms with van der Waals surface area (Å²) in [6, 6.07) is 8.17. The van der Waals surface area contributed by atoms with E-state index in [0.717, 1.165) is 6.26 Å². The normalized spacial score (nSPS) is 11.7. The number of nitrogens with zero attached hydrogens (tertiary/aromatic N) is 1. The molecule has 0 unspecified atom stereocenters. The van der Waals surface area contributed by atoms with Crippen molar-refractivity contribution < 1.29 is 13.5 Å². The van der Waals surface area contributed by atoms with Crippen LogP contribution in [0.15, 0.2) is 41.4 Å². The van der Waals surface area contributed by atoms with Gasteiger partial charge in [0, 0.05) is 18.0 Å². The van der Waals surface area contributed by atoms with Gasteiger partial charge >= 0.3 is 0 Å². The van der Waals surface area contributed by atoms with E-state index in [-0.39, 0.29) is 4.90 Å². The van der Waals surface area contributed by atoms with Crippen LogP contribution in [0, 0.1) is 11.8 Å². The van der Waals surface area contributed by atoms with E-state index in [1.807, 2.05) is 0 Å². The second-order valence-corrected chi connectivity index (χ2v) is 8.11. The van der Waals surface area contributed by atoms with Gasteiger partial charge in [-0.15, -0.1) is 0 Å². The Morgan fingerprint density at radius 1 is 1.26 bits per heavy atom. The molecule has 1 N–H and O–H groups in total. The molecule has 0 saturated carbocycles. The lowest BCUT2D eigenvalue weighted by Crippen LogP contribution is -2.14. The van der Waals surface area contributed by atoms with Gasteiger partial charge in [-0.1, -0.05) is 29.7 Å². The monoisotopic (exact) mass is 349 g/mol. The number of benzene rings is 1. The van der Waals surface area contributed by atoms with Gasteiger partial charge in [0.2, 0.25) is 0 Å². The van der Waals surface area contributed by atoms with Crippen molar-refractivity contribution in [2.24, 2.45) is 0 Å². The fourth-order valence-electron chi connectivity index (χ4n) is 1.87. The predicted octanol–water partition coefficient (Wildman–Crippen LogP) is 2.93. The number of aromatic nitrogens is 1. The molecular weight excluding hydrogens is 334 g/mol. The third kappa shape index (κ3) is 4.80. The Balaban J connectivity index is 2.63. The Kier molecular flexibility index (Phi) is 4.81. The smallest absolute Gasteiger partial charge is 0.175 e. The van der Waals surface area contributed by atoms with Crippen molar-refractivity contribution in [3.05, 3.63) is 47.2 Å². The van der Waals surface area contributed by atoms with Crippen LogP contribution in [0.4, 0.5) is 0 Å². The minimum Gasteiger partial charge on any atom is -0.378 e. The minimum atomic E-state index is -3.32. The van der Waals surface area contributed by atoms with Crippen molar-refractivity contribution >= 4 is 21.4 Å². The van der Waals surface area contributed by atoms with Crippen LogP contribution in [0.25, 0.3) is 11.1 Å². The summed E-state index contributed by atoms with van der Waals surface area (Å²) in [5.41, 5.74) is 0.512. The molecule has 0 atom stereocenters. The molecule has 0 bridgehead atoms. The van der Waals surface area contributed by atoms with Crippen molar-refractivity contribution in [3.8, 4) is 23.0 Å². The Morgan fingerprint density at radius 2 is 1.96 bits per heavy atom. The highest BCUT2D eigenvalue weighted by Crippen LogP contribution is 2.27. The summed E-state index contributed by atoms with van der Waals surface area (Å²) in [5.74, 6) is 5.51. The number of hydrogen-bond acceptors (Lipinski definition) is 4. The van der Waals surface area contributed by atoms with Crippen molar-refractivity contribution in [3.63, 3.8) is 0 Å². The maximum atomic E-state index is 11.7. The highest BCUT2D eigenvalue weighted by atomic mass is 35.5. The summed E-state index contributed by atoms with van der Waals surface area (Å²) in [5, 5.41) is 10.2. The molecule has 0 amide bonds. The molecule has 1 aromatic heterocycles. The summed E-state index contributed by atoms with van der Waals surface area (Å²) in [6.07, 6.45) is 2.61. The number of halogens is 1. The molecular formula is C17H16ClNO3S. The second-order valence-electron chi connectivity index (χ2n) is 5.66. The van der Waals surface area contributed by atoms with Crippen LogP contribution in [0.2, 0.25) is 5.02 Å².